The molecule has 0 bridgehead atoms. The van der Waals surface area contributed by atoms with Gasteiger partial charge in [-0.25, -0.2) is 0 Å². The van der Waals surface area contributed by atoms with Gasteiger partial charge in [0.25, 0.3) is 0 Å². The number of rotatable bonds is 2. The van der Waals surface area contributed by atoms with E-state index in [-0.39, 0.29) is 6.04 Å². The van der Waals surface area contributed by atoms with E-state index in [1.807, 2.05) is 36.4 Å². The van der Waals surface area contributed by atoms with E-state index in [2.05, 4.69) is 0 Å². The van der Waals surface area contributed by atoms with Crippen molar-refractivity contribution in [3.05, 3.63) is 47.2 Å². The van der Waals surface area contributed by atoms with Crippen molar-refractivity contribution in [2.24, 2.45) is 5.73 Å². The number of benzene rings is 1. The van der Waals surface area contributed by atoms with E-state index in [4.69, 9.17) is 21.8 Å². The molecule has 2 aromatic rings. The fourth-order valence-electron chi connectivity index (χ4n) is 1.89. The number of nitrogens with two attached hydrogens (primary N) is 1. The minimum absolute atomic E-state index is 0.276. The van der Waals surface area contributed by atoms with Gasteiger partial charge in [-0.1, -0.05) is 23.7 Å². The molecule has 0 unspecified atom stereocenters. The Morgan fingerprint density at radius 1 is 1.25 bits per heavy atom. The highest BCUT2D eigenvalue weighted by Gasteiger charge is 2.37. The molecule has 1 fully saturated rings. The fraction of sp³-hybridized carbons (Fsp3) is 0.231. The van der Waals surface area contributed by atoms with Crippen LogP contribution in [0.15, 0.2) is 40.8 Å². The quantitative estimate of drug-likeness (QED) is 0.863. The largest absolute Gasteiger partial charge is 0.461 e. The third-order valence-corrected chi connectivity index (χ3v) is 3.18. The first kappa shape index (κ1) is 9.94. The SMILES string of the molecule is N[C@@H]1C[C@H]1c1ccc(-c2cccc(Cl)c2)o1. The first-order valence-electron chi connectivity index (χ1n) is 5.35. The van der Waals surface area contributed by atoms with Crippen LogP contribution in [-0.4, -0.2) is 6.04 Å². The molecule has 0 amide bonds. The van der Waals surface area contributed by atoms with Gasteiger partial charge in [0, 0.05) is 22.5 Å². The average molecular weight is 234 g/mol. The Labute approximate surface area is 99.0 Å². The van der Waals surface area contributed by atoms with Gasteiger partial charge in [-0.3, -0.25) is 0 Å². The number of furan rings is 1. The van der Waals surface area contributed by atoms with Crippen LogP contribution in [0.1, 0.15) is 18.1 Å². The topological polar surface area (TPSA) is 39.2 Å². The van der Waals surface area contributed by atoms with E-state index < -0.39 is 0 Å². The molecule has 1 aromatic heterocycles. The third kappa shape index (κ3) is 1.75. The molecule has 1 aliphatic rings. The second kappa shape index (κ2) is 3.65. The molecule has 16 heavy (non-hydrogen) atoms. The number of hydrogen-bond acceptors (Lipinski definition) is 2. The highest BCUT2D eigenvalue weighted by atomic mass is 35.5. The Kier molecular flexibility index (Phi) is 2.27. The zero-order chi connectivity index (χ0) is 11.1. The summed E-state index contributed by atoms with van der Waals surface area (Å²) in [6, 6.07) is 11.9. The lowest BCUT2D eigenvalue weighted by atomic mass is 10.2. The van der Waals surface area contributed by atoms with Crippen LogP contribution >= 0.6 is 11.6 Å². The van der Waals surface area contributed by atoms with Crippen LogP contribution < -0.4 is 5.73 Å². The average Bonchev–Trinajstić information content (AvgIpc) is 2.81. The molecule has 0 spiro atoms. The zero-order valence-electron chi connectivity index (χ0n) is 8.69. The molecule has 2 N–H and O–H groups in total. The van der Waals surface area contributed by atoms with Gasteiger partial charge in [0.05, 0.1) is 0 Å². The highest BCUT2D eigenvalue weighted by molar-refractivity contribution is 6.30. The van der Waals surface area contributed by atoms with Crippen molar-refractivity contribution < 1.29 is 4.42 Å². The van der Waals surface area contributed by atoms with E-state index >= 15 is 0 Å². The summed E-state index contributed by atoms with van der Waals surface area (Å²) in [7, 11) is 0. The van der Waals surface area contributed by atoms with Gasteiger partial charge >= 0.3 is 0 Å². The summed E-state index contributed by atoms with van der Waals surface area (Å²) < 4.78 is 5.78. The summed E-state index contributed by atoms with van der Waals surface area (Å²) in [4.78, 5) is 0. The summed E-state index contributed by atoms with van der Waals surface area (Å²) in [6.45, 7) is 0. The van der Waals surface area contributed by atoms with E-state index in [9.17, 15) is 0 Å². The maximum absolute atomic E-state index is 5.94. The molecular weight excluding hydrogens is 222 g/mol. The minimum atomic E-state index is 0.276. The Morgan fingerprint density at radius 2 is 2.06 bits per heavy atom. The van der Waals surface area contributed by atoms with E-state index in [0.29, 0.717) is 5.92 Å². The van der Waals surface area contributed by atoms with Crippen LogP contribution in [0, 0.1) is 0 Å². The van der Waals surface area contributed by atoms with E-state index in [1.54, 1.807) is 0 Å². The molecule has 0 radical (unpaired) electrons. The van der Waals surface area contributed by atoms with E-state index in [0.717, 1.165) is 28.5 Å². The number of hydrogen-bond donors (Lipinski definition) is 1. The van der Waals surface area contributed by atoms with Crippen LogP contribution in [0.3, 0.4) is 0 Å². The standard InChI is InChI=1S/C13H12ClNO/c14-9-3-1-2-8(6-9)12-4-5-13(16-12)10-7-11(10)15/h1-6,10-11H,7,15H2/t10-,11-/m1/s1. The molecule has 0 aliphatic heterocycles. The molecule has 1 aliphatic carbocycles. The molecule has 1 saturated carbocycles. The Hall–Kier alpha value is -1.25. The highest BCUT2D eigenvalue weighted by Crippen LogP contribution is 2.41. The van der Waals surface area contributed by atoms with E-state index in [1.165, 1.54) is 0 Å². The molecule has 0 saturated heterocycles. The van der Waals surface area contributed by atoms with Gasteiger partial charge in [0.15, 0.2) is 0 Å². The van der Waals surface area contributed by atoms with Crippen LogP contribution in [0.25, 0.3) is 11.3 Å². The molecule has 3 rings (SSSR count). The third-order valence-electron chi connectivity index (χ3n) is 2.94. The zero-order valence-corrected chi connectivity index (χ0v) is 9.45. The second-order valence-electron chi connectivity index (χ2n) is 4.22. The van der Waals surface area contributed by atoms with Crippen molar-refractivity contribution in [1.29, 1.82) is 0 Å². The molecule has 82 valence electrons. The lowest BCUT2D eigenvalue weighted by molar-refractivity contribution is 0.522. The van der Waals surface area contributed by atoms with Gasteiger partial charge in [-0.2, -0.15) is 0 Å². The van der Waals surface area contributed by atoms with Crippen molar-refractivity contribution in [3.8, 4) is 11.3 Å². The summed E-state index contributed by atoms with van der Waals surface area (Å²) in [5, 5.41) is 0.721. The van der Waals surface area contributed by atoms with Crippen molar-refractivity contribution in [3.63, 3.8) is 0 Å². The maximum atomic E-state index is 5.94. The van der Waals surface area contributed by atoms with Gasteiger partial charge in [0.1, 0.15) is 11.5 Å². The normalized spacial score (nSPS) is 23.4. The van der Waals surface area contributed by atoms with Crippen LogP contribution in [0.4, 0.5) is 0 Å². The molecule has 3 heteroatoms. The van der Waals surface area contributed by atoms with Crippen molar-refractivity contribution in [2.75, 3.05) is 0 Å². The van der Waals surface area contributed by atoms with Gasteiger partial charge in [0.2, 0.25) is 0 Å². The molecule has 2 nitrogen and oxygen atoms in total. The summed E-state index contributed by atoms with van der Waals surface area (Å²) in [6.07, 6.45) is 1.03. The Bertz CT molecular complexity index is 520. The predicted octanol–water partition coefficient (Wildman–Crippen LogP) is 3.41. The van der Waals surface area contributed by atoms with Crippen molar-refractivity contribution in [1.82, 2.24) is 0 Å². The summed E-state index contributed by atoms with van der Waals surface area (Å²) >= 11 is 5.94. The lowest BCUT2D eigenvalue weighted by Crippen LogP contribution is -2.00. The molecule has 1 aromatic carbocycles. The Balaban J connectivity index is 1.92. The van der Waals surface area contributed by atoms with Gasteiger partial charge < -0.3 is 10.2 Å². The van der Waals surface area contributed by atoms with Crippen molar-refractivity contribution in [2.45, 2.75) is 18.4 Å². The first-order chi connectivity index (χ1) is 7.74. The molecular formula is C13H12ClNO. The monoisotopic (exact) mass is 233 g/mol. The van der Waals surface area contributed by atoms with Crippen LogP contribution in [-0.2, 0) is 0 Å². The van der Waals surface area contributed by atoms with Gasteiger partial charge in [-0.05, 0) is 30.7 Å². The summed E-state index contributed by atoms with van der Waals surface area (Å²) in [5.41, 5.74) is 6.80. The minimum Gasteiger partial charge on any atom is -0.461 e. The van der Waals surface area contributed by atoms with Gasteiger partial charge in [-0.15, -0.1) is 0 Å². The van der Waals surface area contributed by atoms with Crippen LogP contribution in [0.2, 0.25) is 5.02 Å². The molecule has 1 heterocycles. The first-order valence-corrected chi connectivity index (χ1v) is 5.73. The Morgan fingerprint density at radius 3 is 2.75 bits per heavy atom. The maximum Gasteiger partial charge on any atom is 0.134 e. The number of halogens is 1. The van der Waals surface area contributed by atoms with Crippen LogP contribution in [0.5, 0.6) is 0 Å². The smallest absolute Gasteiger partial charge is 0.134 e. The predicted molar refractivity (Wildman–Crippen MR) is 64.5 cm³/mol. The fourth-order valence-corrected chi connectivity index (χ4v) is 2.08. The second-order valence-corrected chi connectivity index (χ2v) is 4.65. The lowest BCUT2D eigenvalue weighted by Gasteiger charge is -1.97. The van der Waals surface area contributed by atoms with Crippen molar-refractivity contribution >= 4 is 11.6 Å². The summed E-state index contributed by atoms with van der Waals surface area (Å²) in [5.74, 6) is 2.26. The molecule has 2 atom stereocenters.